The fourth-order valence-electron chi connectivity index (χ4n) is 3.28. The zero-order valence-corrected chi connectivity index (χ0v) is 13.8. The number of fused-ring (bicyclic) bond motifs is 1. The van der Waals surface area contributed by atoms with Crippen molar-refractivity contribution < 1.29 is 4.92 Å². The van der Waals surface area contributed by atoms with E-state index in [0.29, 0.717) is 5.56 Å². The van der Waals surface area contributed by atoms with Gasteiger partial charge in [-0.05, 0) is 56.5 Å². The van der Waals surface area contributed by atoms with Crippen LogP contribution in [0.5, 0.6) is 0 Å². The van der Waals surface area contributed by atoms with Crippen LogP contribution in [-0.4, -0.2) is 10.5 Å². The molecule has 1 aliphatic rings. The second-order valence-corrected chi connectivity index (χ2v) is 6.64. The summed E-state index contributed by atoms with van der Waals surface area (Å²) < 4.78 is 0. The maximum Gasteiger partial charge on any atom is 0.272 e. The fraction of sp³-hybridized carbons (Fsp3) is 0.263. The van der Waals surface area contributed by atoms with Gasteiger partial charge in [0.1, 0.15) is 0 Å². The monoisotopic (exact) mass is 308 g/mol. The summed E-state index contributed by atoms with van der Waals surface area (Å²) >= 11 is 0. The fourth-order valence-corrected chi connectivity index (χ4v) is 3.28. The first-order valence-corrected chi connectivity index (χ1v) is 7.65. The summed E-state index contributed by atoms with van der Waals surface area (Å²) in [7, 11) is 0. The van der Waals surface area contributed by atoms with Crippen LogP contribution in [0.3, 0.4) is 0 Å². The van der Waals surface area contributed by atoms with Gasteiger partial charge in [0.2, 0.25) is 0 Å². The van der Waals surface area contributed by atoms with E-state index in [1.807, 2.05) is 12.1 Å². The normalized spacial score (nSPS) is 15.4. The van der Waals surface area contributed by atoms with E-state index < -0.39 is 0 Å². The Morgan fingerprint density at radius 2 is 1.83 bits per heavy atom. The molecule has 0 fully saturated rings. The molecule has 0 saturated heterocycles. The molecule has 1 N–H and O–H groups in total. The quantitative estimate of drug-likeness (QED) is 0.614. The van der Waals surface area contributed by atoms with Crippen molar-refractivity contribution in [2.45, 2.75) is 33.2 Å². The largest absolute Gasteiger partial charge is 0.376 e. The summed E-state index contributed by atoms with van der Waals surface area (Å²) in [6.45, 7) is 8.18. The average Bonchev–Trinajstić information content (AvgIpc) is 2.46. The van der Waals surface area contributed by atoms with Gasteiger partial charge < -0.3 is 5.32 Å². The number of hydrogen-bond acceptors (Lipinski definition) is 3. The molecule has 0 aromatic heterocycles. The smallest absolute Gasteiger partial charge is 0.272 e. The summed E-state index contributed by atoms with van der Waals surface area (Å²) in [5.74, 6) is 0. The van der Waals surface area contributed by atoms with Crippen molar-refractivity contribution in [3.8, 4) is 11.1 Å². The summed E-state index contributed by atoms with van der Waals surface area (Å²) in [6, 6.07) is 11.4. The third kappa shape index (κ3) is 2.72. The Hall–Kier alpha value is -2.62. The Balaban J connectivity index is 2.13. The van der Waals surface area contributed by atoms with Crippen molar-refractivity contribution in [3.05, 3.63) is 63.7 Å². The molecule has 0 bridgehead atoms. The predicted molar refractivity (Wildman–Crippen MR) is 94.6 cm³/mol. The molecule has 0 atom stereocenters. The second kappa shape index (κ2) is 5.23. The van der Waals surface area contributed by atoms with Gasteiger partial charge in [0, 0.05) is 22.9 Å². The third-order valence-electron chi connectivity index (χ3n) is 4.29. The number of anilines is 1. The topological polar surface area (TPSA) is 55.2 Å². The number of nitro benzene ring substituents is 1. The van der Waals surface area contributed by atoms with Gasteiger partial charge in [0.05, 0.1) is 10.5 Å². The zero-order valence-electron chi connectivity index (χ0n) is 13.8. The van der Waals surface area contributed by atoms with Crippen LogP contribution in [0, 0.1) is 17.0 Å². The first kappa shape index (κ1) is 15.3. The van der Waals surface area contributed by atoms with Gasteiger partial charge in [-0.3, -0.25) is 10.1 Å². The highest BCUT2D eigenvalue weighted by molar-refractivity contribution is 5.84. The number of nitrogens with zero attached hydrogens (tertiary/aromatic N) is 1. The van der Waals surface area contributed by atoms with Crippen LogP contribution >= 0.6 is 0 Å². The number of rotatable bonds is 2. The first-order chi connectivity index (χ1) is 10.8. The van der Waals surface area contributed by atoms with E-state index in [1.165, 1.54) is 5.57 Å². The Bertz CT molecular complexity index is 835. The third-order valence-corrected chi connectivity index (χ3v) is 4.29. The number of nitrogens with one attached hydrogen (secondary N) is 1. The lowest BCUT2D eigenvalue weighted by molar-refractivity contribution is -0.385. The molecular weight excluding hydrogens is 288 g/mol. The molecule has 118 valence electrons. The van der Waals surface area contributed by atoms with Crippen LogP contribution in [0.2, 0.25) is 0 Å². The minimum Gasteiger partial charge on any atom is -0.376 e. The maximum absolute atomic E-state index is 11.1. The molecule has 4 heteroatoms. The molecule has 1 aliphatic heterocycles. The van der Waals surface area contributed by atoms with Crippen LogP contribution in [0.15, 0.2) is 42.5 Å². The van der Waals surface area contributed by atoms with Crippen molar-refractivity contribution in [2.24, 2.45) is 0 Å². The minimum absolute atomic E-state index is 0.0694. The Labute approximate surface area is 136 Å². The molecule has 23 heavy (non-hydrogen) atoms. The molecule has 2 aromatic rings. The summed E-state index contributed by atoms with van der Waals surface area (Å²) in [6.07, 6.45) is 2.21. The van der Waals surface area contributed by atoms with Crippen LogP contribution < -0.4 is 5.32 Å². The lowest BCUT2D eigenvalue weighted by Gasteiger charge is -2.31. The van der Waals surface area contributed by atoms with E-state index in [-0.39, 0.29) is 16.1 Å². The highest BCUT2D eigenvalue weighted by Gasteiger charge is 2.23. The van der Waals surface area contributed by atoms with E-state index in [0.717, 1.165) is 22.4 Å². The highest BCUT2D eigenvalue weighted by Crippen LogP contribution is 2.38. The standard InChI is InChI=1S/C19H20N2O2/c1-12-11-19(3,4)20-17-9-8-14(10-16(12)17)15-6-5-7-18(13(15)2)21(22)23/h5-11,20H,1-4H3. The molecule has 0 unspecified atom stereocenters. The van der Waals surface area contributed by atoms with E-state index >= 15 is 0 Å². The molecule has 0 saturated carbocycles. The van der Waals surface area contributed by atoms with Gasteiger partial charge in [-0.1, -0.05) is 24.3 Å². The predicted octanol–water partition coefficient (Wildman–Crippen LogP) is 5.18. The van der Waals surface area contributed by atoms with E-state index in [4.69, 9.17) is 0 Å². The molecule has 4 nitrogen and oxygen atoms in total. The van der Waals surface area contributed by atoms with Crippen LogP contribution in [0.4, 0.5) is 11.4 Å². The molecular formula is C19H20N2O2. The van der Waals surface area contributed by atoms with Gasteiger partial charge in [-0.15, -0.1) is 0 Å². The van der Waals surface area contributed by atoms with Crippen molar-refractivity contribution in [3.63, 3.8) is 0 Å². The summed E-state index contributed by atoms with van der Waals surface area (Å²) in [4.78, 5) is 10.8. The number of benzene rings is 2. The molecule has 1 heterocycles. The van der Waals surface area contributed by atoms with Crippen LogP contribution in [0.1, 0.15) is 31.9 Å². The van der Waals surface area contributed by atoms with E-state index in [9.17, 15) is 10.1 Å². The first-order valence-electron chi connectivity index (χ1n) is 7.65. The molecule has 0 amide bonds. The Morgan fingerprint density at radius 3 is 2.52 bits per heavy atom. The van der Waals surface area contributed by atoms with Crippen molar-refractivity contribution >= 4 is 16.9 Å². The van der Waals surface area contributed by atoms with Crippen molar-refractivity contribution in [1.82, 2.24) is 0 Å². The van der Waals surface area contributed by atoms with E-state index in [1.54, 1.807) is 19.1 Å². The lowest BCUT2D eigenvalue weighted by atomic mass is 9.88. The molecule has 0 radical (unpaired) electrons. The van der Waals surface area contributed by atoms with Gasteiger partial charge >= 0.3 is 0 Å². The number of nitro groups is 1. The molecule has 3 rings (SSSR count). The number of allylic oxidation sites excluding steroid dienone is 1. The van der Waals surface area contributed by atoms with Crippen LogP contribution in [-0.2, 0) is 0 Å². The lowest BCUT2D eigenvalue weighted by Crippen LogP contribution is -2.31. The zero-order chi connectivity index (χ0) is 16.8. The molecule has 0 aliphatic carbocycles. The van der Waals surface area contributed by atoms with E-state index in [2.05, 4.69) is 44.3 Å². The maximum atomic E-state index is 11.1. The summed E-state index contributed by atoms with van der Waals surface area (Å²) in [5.41, 5.74) is 6.15. The van der Waals surface area contributed by atoms with Gasteiger partial charge in [-0.25, -0.2) is 0 Å². The number of hydrogen-bond donors (Lipinski definition) is 1. The summed E-state index contributed by atoms with van der Waals surface area (Å²) in [5, 5.41) is 14.7. The molecule has 2 aromatic carbocycles. The highest BCUT2D eigenvalue weighted by atomic mass is 16.6. The Kier molecular flexibility index (Phi) is 3.48. The van der Waals surface area contributed by atoms with Crippen LogP contribution in [0.25, 0.3) is 16.7 Å². The van der Waals surface area contributed by atoms with Gasteiger partial charge in [-0.2, -0.15) is 0 Å². The van der Waals surface area contributed by atoms with Gasteiger partial charge in [0.25, 0.3) is 5.69 Å². The van der Waals surface area contributed by atoms with Crippen molar-refractivity contribution in [1.29, 1.82) is 0 Å². The molecule has 0 spiro atoms. The van der Waals surface area contributed by atoms with Gasteiger partial charge in [0.15, 0.2) is 0 Å². The Morgan fingerprint density at radius 1 is 1.09 bits per heavy atom. The second-order valence-electron chi connectivity index (χ2n) is 6.64. The average molecular weight is 308 g/mol. The SMILES string of the molecule is CC1=CC(C)(C)Nc2ccc(-c3cccc([N+](=O)[O-])c3C)cc21. The van der Waals surface area contributed by atoms with Crippen molar-refractivity contribution in [2.75, 3.05) is 5.32 Å². The minimum atomic E-state index is -0.327.